The van der Waals surface area contributed by atoms with Crippen LogP contribution in [-0.2, 0) is 0 Å². The van der Waals surface area contributed by atoms with Crippen LogP contribution >= 0.6 is 0 Å². The first kappa shape index (κ1) is 14.6. The Balaban J connectivity index is 4.57. The van der Waals surface area contributed by atoms with Crippen LogP contribution in [0, 0.1) is 0 Å². The quantitative estimate of drug-likeness (QED) is 0.612. The van der Waals surface area contributed by atoms with Gasteiger partial charge < -0.3 is 15.3 Å². The largest absolute Gasteiger partial charge is 0.390 e. The number of hydrogen-bond acceptors (Lipinski definition) is 3. The summed E-state index contributed by atoms with van der Waals surface area (Å²) in [6.07, 6.45) is -0.996. The molecule has 0 aromatic rings. The fourth-order valence-corrected chi connectivity index (χ4v) is 1.34. The molecule has 3 heteroatoms. The van der Waals surface area contributed by atoms with Gasteiger partial charge in [-0.3, -0.25) is 0 Å². The highest BCUT2D eigenvalue weighted by Gasteiger charge is 2.36. The predicted octanol–water partition coefficient (Wildman–Crippen LogP) is 1.62. The van der Waals surface area contributed by atoms with E-state index in [9.17, 15) is 15.3 Å². The second-order valence-corrected chi connectivity index (χ2v) is 4.65. The molecule has 0 aliphatic carbocycles. The number of aliphatic hydroxyl groups is 3. The topological polar surface area (TPSA) is 60.7 Å². The summed E-state index contributed by atoms with van der Waals surface area (Å²) >= 11 is 0. The Kier molecular flexibility index (Phi) is 5.49. The van der Waals surface area contributed by atoms with Crippen molar-refractivity contribution in [3.63, 3.8) is 0 Å². The van der Waals surface area contributed by atoms with E-state index in [0.717, 1.165) is 11.1 Å². The minimum atomic E-state index is -1.44. The van der Waals surface area contributed by atoms with Gasteiger partial charge in [0.1, 0.15) is 5.60 Å². The average Bonchev–Trinajstić information content (AvgIpc) is 2.15. The molecule has 0 fully saturated rings. The predicted molar refractivity (Wildman–Crippen MR) is 61.6 cm³/mol. The summed E-state index contributed by atoms with van der Waals surface area (Å²) in [7, 11) is 0. The van der Waals surface area contributed by atoms with Gasteiger partial charge in [0.2, 0.25) is 0 Å². The maximum atomic E-state index is 9.96. The molecule has 3 nitrogen and oxygen atoms in total. The van der Waals surface area contributed by atoms with Crippen molar-refractivity contribution in [2.75, 3.05) is 0 Å². The van der Waals surface area contributed by atoms with Gasteiger partial charge in [0.05, 0.1) is 12.2 Å². The molecular weight excluding hydrogens is 192 g/mol. The molecule has 3 unspecified atom stereocenters. The Morgan fingerprint density at radius 2 is 1.60 bits per heavy atom. The van der Waals surface area contributed by atoms with Crippen LogP contribution in [0.3, 0.4) is 0 Å². The van der Waals surface area contributed by atoms with Crippen molar-refractivity contribution in [2.45, 2.75) is 65.3 Å². The van der Waals surface area contributed by atoms with Crippen molar-refractivity contribution in [3.05, 3.63) is 11.1 Å². The van der Waals surface area contributed by atoms with Crippen LogP contribution in [0.4, 0.5) is 0 Å². The molecule has 0 aromatic carbocycles. The van der Waals surface area contributed by atoms with Crippen molar-refractivity contribution >= 4 is 0 Å². The van der Waals surface area contributed by atoms with Crippen LogP contribution in [0.25, 0.3) is 0 Å². The summed E-state index contributed by atoms with van der Waals surface area (Å²) in [5, 5.41) is 29.4. The average molecular weight is 216 g/mol. The van der Waals surface area contributed by atoms with Gasteiger partial charge in [-0.05, 0) is 40.5 Å². The van der Waals surface area contributed by atoms with E-state index in [1.54, 1.807) is 6.92 Å². The molecule has 0 saturated heterocycles. The molecule has 0 aliphatic rings. The molecule has 0 heterocycles. The van der Waals surface area contributed by atoms with E-state index in [2.05, 4.69) is 0 Å². The summed E-state index contributed by atoms with van der Waals surface area (Å²) in [6, 6.07) is 0. The summed E-state index contributed by atoms with van der Waals surface area (Å²) < 4.78 is 0. The summed E-state index contributed by atoms with van der Waals surface area (Å²) in [5.74, 6) is 0. The van der Waals surface area contributed by atoms with Crippen LogP contribution in [0.15, 0.2) is 11.1 Å². The Labute approximate surface area is 92.4 Å². The highest BCUT2D eigenvalue weighted by Crippen LogP contribution is 2.23. The minimum Gasteiger partial charge on any atom is -0.390 e. The van der Waals surface area contributed by atoms with Crippen molar-refractivity contribution in [3.8, 4) is 0 Å². The third kappa shape index (κ3) is 3.93. The molecule has 0 amide bonds. The number of allylic oxidation sites excluding steroid dienone is 1. The number of rotatable bonds is 5. The molecule has 0 aliphatic heterocycles. The lowest BCUT2D eigenvalue weighted by molar-refractivity contribution is -0.134. The Morgan fingerprint density at radius 1 is 1.13 bits per heavy atom. The Bertz CT molecular complexity index is 227. The van der Waals surface area contributed by atoms with E-state index < -0.39 is 17.8 Å². The van der Waals surface area contributed by atoms with Crippen LogP contribution < -0.4 is 0 Å². The van der Waals surface area contributed by atoms with Gasteiger partial charge in [0.25, 0.3) is 0 Å². The van der Waals surface area contributed by atoms with Gasteiger partial charge in [-0.2, -0.15) is 0 Å². The lowest BCUT2D eigenvalue weighted by Gasteiger charge is -2.33. The van der Waals surface area contributed by atoms with Crippen LogP contribution in [0.1, 0.15) is 47.5 Å². The lowest BCUT2D eigenvalue weighted by Crippen LogP contribution is -2.49. The van der Waals surface area contributed by atoms with Crippen molar-refractivity contribution in [1.29, 1.82) is 0 Å². The van der Waals surface area contributed by atoms with Crippen LogP contribution in [-0.4, -0.2) is 33.1 Å². The van der Waals surface area contributed by atoms with Gasteiger partial charge >= 0.3 is 0 Å². The van der Waals surface area contributed by atoms with Crippen LogP contribution in [0.5, 0.6) is 0 Å². The van der Waals surface area contributed by atoms with E-state index in [4.69, 9.17) is 0 Å². The molecule has 90 valence electrons. The minimum absolute atomic E-state index is 0.395. The van der Waals surface area contributed by atoms with E-state index in [0.29, 0.717) is 12.8 Å². The summed E-state index contributed by atoms with van der Waals surface area (Å²) in [6.45, 7) is 9.11. The molecule has 3 N–H and O–H groups in total. The molecule has 0 aromatic heterocycles. The first-order valence-corrected chi connectivity index (χ1v) is 5.44. The van der Waals surface area contributed by atoms with E-state index >= 15 is 0 Å². The third-order valence-corrected chi connectivity index (χ3v) is 3.09. The van der Waals surface area contributed by atoms with Crippen molar-refractivity contribution in [2.24, 2.45) is 0 Å². The number of aliphatic hydroxyl groups excluding tert-OH is 2. The number of hydrogen-bond donors (Lipinski definition) is 3. The van der Waals surface area contributed by atoms with E-state index in [1.165, 1.54) is 6.92 Å². The zero-order valence-corrected chi connectivity index (χ0v) is 10.4. The van der Waals surface area contributed by atoms with Crippen LogP contribution in [0.2, 0.25) is 0 Å². The molecular formula is C12H24O3. The highest BCUT2D eigenvalue weighted by atomic mass is 16.4. The first-order valence-electron chi connectivity index (χ1n) is 5.44. The third-order valence-electron chi connectivity index (χ3n) is 3.09. The lowest BCUT2D eigenvalue weighted by atomic mass is 9.86. The zero-order valence-electron chi connectivity index (χ0n) is 10.4. The second kappa shape index (κ2) is 5.64. The summed E-state index contributed by atoms with van der Waals surface area (Å²) in [5.41, 5.74) is 0.743. The smallest absolute Gasteiger partial charge is 0.114 e. The molecule has 0 rings (SSSR count). The maximum Gasteiger partial charge on any atom is 0.114 e. The first-order chi connectivity index (χ1) is 6.73. The molecule has 3 atom stereocenters. The van der Waals surface area contributed by atoms with Gasteiger partial charge in [-0.15, -0.1) is 0 Å². The normalized spacial score (nSPS) is 19.2. The SMILES string of the molecule is CCC(O)C(C)(O)C(O)CC(C)=C(C)C. The van der Waals surface area contributed by atoms with Gasteiger partial charge in [0, 0.05) is 0 Å². The summed E-state index contributed by atoms with van der Waals surface area (Å²) in [4.78, 5) is 0. The van der Waals surface area contributed by atoms with Gasteiger partial charge in [0.15, 0.2) is 0 Å². The molecule has 0 bridgehead atoms. The second-order valence-electron chi connectivity index (χ2n) is 4.65. The van der Waals surface area contributed by atoms with Crippen molar-refractivity contribution < 1.29 is 15.3 Å². The molecule has 15 heavy (non-hydrogen) atoms. The standard InChI is InChI=1S/C12H24O3/c1-6-10(13)12(5,15)11(14)7-9(4)8(2)3/h10-11,13-15H,6-7H2,1-5H3. The maximum absolute atomic E-state index is 9.96. The van der Waals surface area contributed by atoms with E-state index in [1.807, 2.05) is 20.8 Å². The fourth-order valence-electron chi connectivity index (χ4n) is 1.34. The van der Waals surface area contributed by atoms with E-state index in [-0.39, 0.29) is 0 Å². The fraction of sp³-hybridized carbons (Fsp3) is 0.833. The Hall–Kier alpha value is -0.380. The molecule has 0 radical (unpaired) electrons. The zero-order chi connectivity index (χ0) is 12.2. The molecule has 0 spiro atoms. The highest BCUT2D eigenvalue weighted by molar-refractivity contribution is 5.09. The van der Waals surface area contributed by atoms with Crippen molar-refractivity contribution in [1.82, 2.24) is 0 Å². The monoisotopic (exact) mass is 216 g/mol. The Morgan fingerprint density at radius 3 is 1.93 bits per heavy atom. The molecule has 0 saturated carbocycles. The van der Waals surface area contributed by atoms with Gasteiger partial charge in [-0.1, -0.05) is 18.1 Å². The van der Waals surface area contributed by atoms with Gasteiger partial charge in [-0.25, -0.2) is 0 Å².